The third-order valence-electron chi connectivity index (χ3n) is 8.94. The molecular formula is C38H26N6. The van der Waals surface area contributed by atoms with E-state index < -0.39 is 0 Å². The molecule has 0 bridgehead atoms. The van der Waals surface area contributed by atoms with Gasteiger partial charge >= 0.3 is 0 Å². The summed E-state index contributed by atoms with van der Waals surface area (Å²) in [7, 11) is 0. The second-order valence-corrected chi connectivity index (χ2v) is 11.8. The first-order valence-corrected chi connectivity index (χ1v) is 14.8. The smallest absolute Gasteiger partial charge is 0.238 e. The van der Waals surface area contributed by atoms with E-state index in [1.807, 2.05) is 66.9 Å². The van der Waals surface area contributed by atoms with E-state index in [9.17, 15) is 0 Å². The molecule has 6 heteroatoms. The van der Waals surface area contributed by atoms with E-state index in [0.29, 0.717) is 17.6 Å². The second-order valence-electron chi connectivity index (χ2n) is 11.8. The molecule has 0 N–H and O–H groups in total. The van der Waals surface area contributed by atoms with Gasteiger partial charge in [-0.25, -0.2) is 15.0 Å². The molecule has 6 nitrogen and oxygen atoms in total. The fourth-order valence-corrected chi connectivity index (χ4v) is 7.06. The summed E-state index contributed by atoms with van der Waals surface area (Å²) < 4.78 is 2.24. The average molecular weight is 567 g/mol. The van der Waals surface area contributed by atoms with E-state index in [-0.39, 0.29) is 5.41 Å². The maximum Gasteiger partial charge on any atom is 0.238 e. The summed E-state index contributed by atoms with van der Waals surface area (Å²) >= 11 is 0. The van der Waals surface area contributed by atoms with Crippen molar-refractivity contribution < 1.29 is 0 Å². The van der Waals surface area contributed by atoms with Crippen LogP contribution in [0.1, 0.15) is 25.0 Å². The maximum atomic E-state index is 5.16. The highest BCUT2D eigenvalue weighted by atomic mass is 15.2. The van der Waals surface area contributed by atoms with Gasteiger partial charge in [0.15, 0.2) is 11.6 Å². The maximum absolute atomic E-state index is 5.16. The number of fused-ring (bicyclic) bond motifs is 9. The summed E-state index contributed by atoms with van der Waals surface area (Å²) in [6.45, 7) is 4.61. The molecule has 1 aliphatic rings. The Morgan fingerprint density at radius 1 is 0.591 bits per heavy atom. The summed E-state index contributed by atoms with van der Waals surface area (Å²) in [6.07, 6.45) is 3.55. The minimum atomic E-state index is -0.346. The third-order valence-corrected chi connectivity index (χ3v) is 8.94. The van der Waals surface area contributed by atoms with Gasteiger partial charge in [0, 0.05) is 38.9 Å². The molecule has 0 amide bonds. The molecule has 8 aromatic rings. The van der Waals surface area contributed by atoms with Crippen LogP contribution in [0.4, 0.5) is 0 Å². The van der Waals surface area contributed by atoms with Crippen LogP contribution in [-0.4, -0.2) is 29.5 Å². The molecule has 0 unspecified atom stereocenters. The summed E-state index contributed by atoms with van der Waals surface area (Å²) in [5, 5.41) is 3.37. The quantitative estimate of drug-likeness (QED) is 0.214. The highest BCUT2D eigenvalue weighted by Gasteiger charge is 2.40. The van der Waals surface area contributed by atoms with E-state index in [1.165, 1.54) is 27.6 Å². The lowest BCUT2D eigenvalue weighted by atomic mass is 9.80. The van der Waals surface area contributed by atoms with Gasteiger partial charge < -0.3 is 0 Å². The van der Waals surface area contributed by atoms with E-state index in [4.69, 9.17) is 19.9 Å². The second kappa shape index (κ2) is 9.12. The van der Waals surface area contributed by atoms with E-state index in [0.717, 1.165) is 38.4 Å². The number of nitrogens with zero attached hydrogens (tertiary/aromatic N) is 6. The van der Waals surface area contributed by atoms with Crippen molar-refractivity contribution in [3.8, 4) is 39.9 Å². The van der Waals surface area contributed by atoms with Crippen molar-refractivity contribution in [1.82, 2.24) is 29.5 Å². The summed E-state index contributed by atoms with van der Waals surface area (Å²) in [4.78, 5) is 24.4. The van der Waals surface area contributed by atoms with Gasteiger partial charge in [-0.15, -0.1) is 0 Å². The number of hydrogen-bond donors (Lipinski definition) is 0. The minimum absolute atomic E-state index is 0.346. The van der Waals surface area contributed by atoms with E-state index in [1.54, 1.807) is 6.33 Å². The predicted molar refractivity (Wildman–Crippen MR) is 176 cm³/mol. The first-order chi connectivity index (χ1) is 21.6. The van der Waals surface area contributed by atoms with Gasteiger partial charge in [-0.1, -0.05) is 117 Å². The molecule has 0 spiro atoms. The largest absolute Gasteiger partial charge is 0.277 e. The zero-order valence-electron chi connectivity index (χ0n) is 24.2. The molecule has 208 valence electrons. The number of hydrogen-bond acceptors (Lipinski definition) is 5. The van der Waals surface area contributed by atoms with Gasteiger partial charge in [0.05, 0.1) is 16.6 Å². The number of aromatic nitrogens is 6. The molecule has 44 heavy (non-hydrogen) atoms. The fraction of sp³-hybridized carbons (Fsp3) is 0.0789. The zero-order chi connectivity index (χ0) is 29.4. The molecule has 0 saturated heterocycles. The van der Waals surface area contributed by atoms with E-state index >= 15 is 0 Å². The number of rotatable bonds is 3. The summed E-state index contributed by atoms with van der Waals surface area (Å²) in [6, 6.07) is 37.7. The van der Waals surface area contributed by atoms with Crippen molar-refractivity contribution in [2.75, 3.05) is 0 Å². The van der Waals surface area contributed by atoms with Crippen LogP contribution >= 0.6 is 0 Å². The molecule has 5 aromatic carbocycles. The highest BCUT2D eigenvalue weighted by molar-refractivity contribution is 6.13. The van der Waals surface area contributed by atoms with Crippen LogP contribution < -0.4 is 0 Å². The monoisotopic (exact) mass is 566 g/mol. The minimum Gasteiger partial charge on any atom is -0.277 e. The molecule has 0 aliphatic heterocycles. The fourth-order valence-electron chi connectivity index (χ4n) is 7.06. The van der Waals surface area contributed by atoms with Crippen LogP contribution in [-0.2, 0) is 5.41 Å². The summed E-state index contributed by atoms with van der Waals surface area (Å²) in [5.74, 6) is 1.87. The van der Waals surface area contributed by atoms with Gasteiger partial charge in [0.1, 0.15) is 6.33 Å². The molecule has 9 rings (SSSR count). The first-order valence-electron chi connectivity index (χ1n) is 14.8. The van der Waals surface area contributed by atoms with Crippen LogP contribution in [0.15, 0.2) is 122 Å². The van der Waals surface area contributed by atoms with Crippen molar-refractivity contribution in [2.24, 2.45) is 0 Å². The molecule has 0 radical (unpaired) electrons. The molecular weight excluding hydrogens is 540 g/mol. The average Bonchev–Trinajstić information content (AvgIpc) is 3.54. The van der Waals surface area contributed by atoms with Gasteiger partial charge in [0.25, 0.3) is 0 Å². The van der Waals surface area contributed by atoms with Crippen molar-refractivity contribution in [2.45, 2.75) is 19.3 Å². The zero-order valence-corrected chi connectivity index (χ0v) is 24.2. The van der Waals surface area contributed by atoms with Crippen LogP contribution in [0, 0.1) is 0 Å². The predicted octanol–water partition coefficient (Wildman–Crippen LogP) is 8.55. The van der Waals surface area contributed by atoms with Crippen LogP contribution in [0.25, 0.3) is 72.6 Å². The molecule has 0 fully saturated rings. The lowest BCUT2D eigenvalue weighted by Crippen LogP contribution is -2.18. The van der Waals surface area contributed by atoms with Crippen molar-refractivity contribution in [3.05, 3.63) is 133 Å². The van der Waals surface area contributed by atoms with Crippen molar-refractivity contribution >= 4 is 32.7 Å². The topological polar surface area (TPSA) is 69.4 Å². The Labute approximate surface area is 253 Å². The Morgan fingerprint density at radius 3 is 1.95 bits per heavy atom. The Bertz CT molecular complexity index is 2350. The number of para-hydroxylation sites is 1. The van der Waals surface area contributed by atoms with Crippen molar-refractivity contribution in [3.63, 3.8) is 0 Å². The normalized spacial score (nSPS) is 13.4. The van der Waals surface area contributed by atoms with Gasteiger partial charge in [0.2, 0.25) is 5.95 Å². The number of benzene rings is 5. The Morgan fingerprint density at radius 2 is 1.23 bits per heavy atom. The molecule has 1 aliphatic carbocycles. The van der Waals surface area contributed by atoms with Gasteiger partial charge in [-0.05, 0) is 28.3 Å². The SMILES string of the molecule is CC1(C)c2c(ccc3cncnc23)-c2ccc3c4ccccc4n(-c4nc(-c5ccccc5)nc(-c5ccccc5)n4)c3c21. The molecule has 3 heterocycles. The molecule has 3 aromatic heterocycles. The standard InChI is InChI=1S/C38H26N6/c1-38(2)31-27(18-17-25-21-39-22-40-33(25)31)28-19-20-29-26-15-9-10-16-30(26)44(34(29)32(28)38)37-42-35(23-11-5-3-6-12-23)41-36(43-37)24-13-7-4-8-14-24/h3-22H,1-2H3. The first kappa shape index (κ1) is 24.8. The van der Waals surface area contributed by atoms with Gasteiger partial charge in [-0.2, -0.15) is 9.97 Å². The van der Waals surface area contributed by atoms with Crippen molar-refractivity contribution in [1.29, 1.82) is 0 Å². The Balaban J connectivity index is 1.41. The summed E-state index contributed by atoms with van der Waals surface area (Å²) in [5.41, 5.74) is 9.59. The Hall–Kier alpha value is -5.75. The highest BCUT2D eigenvalue weighted by Crippen LogP contribution is 2.54. The molecule has 0 saturated carbocycles. The lowest BCUT2D eigenvalue weighted by molar-refractivity contribution is 0.667. The lowest BCUT2D eigenvalue weighted by Gasteiger charge is -2.24. The third kappa shape index (κ3) is 3.45. The Kier molecular flexibility index (Phi) is 5.14. The van der Waals surface area contributed by atoms with Crippen LogP contribution in [0.5, 0.6) is 0 Å². The van der Waals surface area contributed by atoms with Crippen LogP contribution in [0.3, 0.4) is 0 Å². The molecule has 0 atom stereocenters. The van der Waals surface area contributed by atoms with Crippen LogP contribution in [0.2, 0.25) is 0 Å². The van der Waals surface area contributed by atoms with Gasteiger partial charge in [-0.3, -0.25) is 4.57 Å². The van der Waals surface area contributed by atoms with E-state index in [2.05, 4.69) is 71.9 Å².